The molecule has 0 unspecified atom stereocenters. The highest BCUT2D eigenvalue weighted by Crippen LogP contribution is 2.33. The van der Waals surface area contributed by atoms with Gasteiger partial charge in [0.25, 0.3) is 0 Å². The third kappa shape index (κ3) is 2.20. The second kappa shape index (κ2) is 5.36. The average Bonchev–Trinajstić information content (AvgIpc) is 3.15. The van der Waals surface area contributed by atoms with Crippen LogP contribution in [0.1, 0.15) is 35.7 Å². The highest BCUT2D eigenvalue weighted by molar-refractivity contribution is 5.48. The molecule has 1 aromatic carbocycles. The minimum Gasteiger partial charge on any atom is -0.454 e. The van der Waals surface area contributed by atoms with Crippen molar-refractivity contribution < 1.29 is 14.3 Å². The Balaban J connectivity index is 1.60. The molecular weight excluding hydrogens is 282 g/mol. The molecule has 0 saturated carbocycles. The summed E-state index contributed by atoms with van der Waals surface area (Å²) in [6.45, 7) is 0.981. The highest BCUT2D eigenvalue weighted by Gasteiger charge is 2.24. The molecule has 22 heavy (non-hydrogen) atoms. The van der Waals surface area contributed by atoms with Gasteiger partial charge in [-0.25, -0.2) is 0 Å². The summed E-state index contributed by atoms with van der Waals surface area (Å²) in [7, 11) is 0. The van der Waals surface area contributed by atoms with Crippen molar-refractivity contribution in [2.45, 2.75) is 31.8 Å². The van der Waals surface area contributed by atoms with E-state index in [1.54, 1.807) is 0 Å². The van der Waals surface area contributed by atoms with Crippen molar-refractivity contribution in [1.29, 1.82) is 0 Å². The van der Waals surface area contributed by atoms with Gasteiger partial charge in [0.15, 0.2) is 11.5 Å². The minimum absolute atomic E-state index is 0.0896. The molecular formula is C16H17N3O3. The first-order valence-corrected chi connectivity index (χ1v) is 7.48. The molecule has 114 valence electrons. The summed E-state index contributed by atoms with van der Waals surface area (Å²) in [6.07, 6.45) is 5.68. The summed E-state index contributed by atoms with van der Waals surface area (Å²) in [5, 5.41) is 7.39. The lowest BCUT2D eigenvalue weighted by Crippen LogP contribution is -2.24. The second-order valence-corrected chi connectivity index (χ2v) is 5.62. The lowest BCUT2D eigenvalue weighted by molar-refractivity contribution is -0.110. The van der Waals surface area contributed by atoms with Gasteiger partial charge in [0, 0.05) is 11.3 Å². The van der Waals surface area contributed by atoms with E-state index in [0.29, 0.717) is 6.54 Å². The first-order valence-electron chi connectivity index (χ1n) is 7.48. The largest absolute Gasteiger partial charge is 0.454 e. The van der Waals surface area contributed by atoms with E-state index in [0.717, 1.165) is 48.3 Å². The SMILES string of the molecule is O=CN[C@@H]1CCCc2c1cnn2Cc1ccc2c(c1)OCO2. The quantitative estimate of drug-likeness (QED) is 0.874. The van der Waals surface area contributed by atoms with Crippen molar-refractivity contribution in [3.63, 3.8) is 0 Å². The molecule has 6 nitrogen and oxygen atoms in total. The number of carbonyl (C=O) groups excluding carboxylic acids is 1. The van der Waals surface area contributed by atoms with Gasteiger partial charge in [-0.1, -0.05) is 6.07 Å². The second-order valence-electron chi connectivity index (χ2n) is 5.62. The zero-order valence-electron chi connectivity index (χ0n) is 12.1. The maximum Gasteiger partial charge on any atom is 0.231 e. The van der Waals surface area contributed by atoms with E-state index >= 15 is 0 Å². The molecule has 2 aliphatic rings. The molecule has 4 rings (SSSR count). The normalized spacial score (nSPS) is 18.8. The van der Waals surface area contributed by atoms with Gasteiger partial charge in [0.2, 0.25) is 13.2 Å². The van der Waals surface area contributed by atoms with Crippen LogP contribution in [-0.4, -0.2) is 23.0 Å². The number of nitrogens with one attached hydrogen (secondary N) is 1. The number of hydrogen-bond acceptors (Lipinski definition) is 4. The molecule has 2 heterocycles. The molecule has 6 heteroatoms. The molecule has 1 aliphatic carbocycles. The fraction of sp³-hybridized carbons (Fsp3) is 0.375. The molecule has 0 bridgehead atoms. The van der Waals surface area contributed by atoms with Crippen LogP contribution in [0.3, 0.4) is 0 Å². The zero-order valence-corrected chi connectivity index (χ0v) is 12.1. The van der Waals surface area contributed by atoms with Crippen molar-refractivity contribution in [1.82, 2.24) is 15.1 Å². The third-order valence-corrected chi connectivity index (χ3v) is 4.30. The van der Waals surface area contributed by atoms with Crippen molar-refractivity contribution in [2.75, 3.05) is 6.79 Å². The van der Waals surface area contributed by atoms with E-state index in [1.165, 1.54) is 5.69 Å². The molecule has 0 spiro atoms. The van der Waals surface area contributed by atoms with Gasteiger partial charge >= 0.3 is 0 Å². The Kier molecular flexibility index (Phi) is 3.21. The number of hydrogen-bond donors (Lipinski definition) is 1. The molecule has 2 aromatic rings. The van der Waals surface area contributed by atoms with Gasteiger partial charge in [-0.15, -0.1) is 0 Å². The van der Waals surface area contributed by atoms with Gasteiger partial charge in [-0.3, -0.25) is 9.48 Å². The van der Waals surface area contributed by atoms with Crippen LogP contribution in [0.2, 0.25) is 0 Å². The Hall–Kier alpha value is -2.50. The molecule has 1 amide bonds. The topological polar surface area (TPSA) is 65.4 Å². The Morgan fingerprint density at radius 1 is 1.36 bits per heavy atom. The maximum atomic E-state index is 10.7. The van der Waals surface area contributed by atoms with Crippen LogP contribution >= 0.6 is 0 Å². The van der Waals surface area contributed by atoms with Crippen LogP contribution in [-0.2, 0) is 17.8 Å². The van der Waals surface area contributed by atoms with Gasteiger partial charge in [-0.05, 0) is 37.0 Å². The van der Waals surface area contributed by atoms with Crippen molar-refractivity contribution >= 4 is 6.41 Å². The summed E-state index contributed by atoms with van der Waals surface area (Å²) < 4.78 is 12.8. The van der Waals surface area contributed by atoms with Crippen molar-refractivity contribution in [3.05, 3.63) is 41.2 Å². The summed E-state index contributed by atoms with van der Waals surface area (Å²) in [5.41, 5.74) is 3.47. The monoisotopic (exact) mass is 299 g/mol. The fourth-order valence-electron chi connectivity index (χ4n) is 3.22. The number of aromatic nitrogens is 2. The first kappa shape index (κ1) is 13.2. The highest BCUT2D eigenvalue weighted by atomic mass is 16.7. The van der Waals surface area contributed by atoms with Crippen LogP contribution in [0.15, 0.2) is 24.4 Å². The lowest BCUT2D eigenvalue weighted by atomic mass is 9.93. The molecule has 1 aliphatic heterocycles. The summed E-state index contributed by atoms with van der Waals surface area (Å²) in [4.78, 5) is 10.7. The maximum absolute atomic E-state index is 10.7. The minimum atomic E-state index is 0.0896. The van der Waals surface area contributed by atoms with Crippen molar-refractivity contribution in [3.8, 4) is 11.5 Å². The Bertz CT molecular complexity index is 711. The molecule has 1 aromatic heterocycles. The predicted octanol–water partition coefficient (Wildman–Crippen LogP) is 1.78. The Morgan fingerprint density at radius 2 is 2.27 bits per heavy atom. The number of benzene rings is 1. The number of rotatable bonds is 4. The van der Waals surface area contributed by atoms with Crippen LogP contribution in [0.4, 0.5) is 0 Å². The summed E-state index contributed by atoms with van der Waals surface area (Å²) >= 11 is 0. The van der Waals surface area contributed by atoms with Crippen LogP contribution in [0.5, 0.6) is 11.5 Å². The van der Waals surface area contributed by atoms with Gasteiger partial charge in [0.05, 0.1) is 18.8 Å². The van der Waals surface area contributed by atoms with Crippen molar-refractivity contribution in [2.24, 2.45) is 0 Å². The summed E-state index contributed by atoms with van der Waals surface area (Å²) in [6, 6.07) is 6.06. The van der Waals surface area contributed by atoms with E-state index in [4.69, 9.17) is 9.47 Å². The summed E-state index contributed by atoms with van der Waals surface area (Å²) in [5.74, 6) is 1.58. The van der Waals surface area contributed by atoms with Gasteiger partial charge in [-0.2, -0.15) is 5.10 Å². The van der Waals surface area contributed by atoms with E-state index in [1.807, 2.05) is 29.1 Å². The smallest absolute Gasteiger partial charge is 0.231 e. The molecule has 1 N–H and O–H groups in total. The van der Waals surface area contributed by atoms with E-state index in [9.17, 15) is 4.79 Å². The van der Waals surface area contributed by atoms with E-state index in [-0.39, 0.29) is 12.8 Å². The number of ether oxygens (including phenoxy) is 2. The molecule has 1 atom stereocenters. The Morgan fingerprint density at radius 3 is 3.18 bits per heavy atom. The number of carbonyl (C=O) groups is 1. The molecule has 0 fully saturated rings. The molecule has 0 radical (unpaired) electrons. The average molecular weight is 299 g/mol. The first-order chi connectivity index (χ1) is 10.8. The predicted molar refractivity (Wildman–Crippen MR) is 78.8 cm³/mol. The van der Waals surface area contributed by atoms with Gasteiger partial charge < -0.3 is 14.8 Å². The van der Waals surface area contributed by atoms with Crippen LogP contribution in [0.25, 0.3) is 0 Å². The van der Waals surface area contributed by atoms with Crippen LogP contribution in [0, 0.1) is 0 Å². The third-order valence-electron chi connectivity index (χ3n) is 4.30. The van der Waals surface area contributed by atoms with E-state index < -0.39 is 0 Å². The standard InChI is InChI=1S/C16H17N3O3/c20-9-17-13-2-1-3-14-12(13)7-18-19(14)8-11-4-5-15-16(6-11)22-10-21-15/h4-7,9,13H,1-3,8,10H2,(H,17,20)/t13-/m1/s1. The zero-order chi connectivity index (χ0) is 14.9. The Labute approximate surface area is 128 Å². The van der Waals surface area contributed by atoms with E-state index in [2.05, 4.69) is 10.4 Å². The van der Waals surface area contributed by atoms with Crippen LogP contribution < -0.4 is 14.8 Å². The fourth-order valence-corrected chi connectivity index (χ4v) is 3.22. The molecule has 0 saturated heterocycles. The number of nitrogens with zero attached hydrogens (tertiary/aromatic N) is 2. The number of fused-ring (bicyclic) bond motifs is 2. The number of amides is 1. The lowest BCUT2D eigenvalue weighted by Gasteiger charge is -2.22. The van der Waals surface area contributed by atoms with Gasteiger partial charge in [0.1, 0.15) is 0 Å².